The van der Waals surface area contributed by atoms with Gasteiger partial charge >= 0.3 is 5.97 Å². The summed E-state index contributed by atoms with van der Waals surface area (Å²) < 4.78 is 0. The second-order valence-corrected chi connectivity index (χ2v) is 6.15. The summed E-state index contributed by atoms with van der Waals surface area (Å²) in [5.74, 6) is -0.369. The number of hydrogen-bond acceptors (Lipinski definition) is 1. The highest BCUT2D eigenvalue weighted by atomic mass is 16.4. The molecule has 2 atom stereocenters. The minimum Gasteiger partial charge on any atom is -0.481 e. The Morgan fingerprint density at radius 1 is 1.53 bits per heavy atom. The molecule has 2 heteroatoms. The van der Waals surface area contributed by atoms with Crippen LogP contribution in [0.4, 0.5) is 0 Å². The lowest BCUT2D eigenvalue weighted by molar-refractivity contribution is -0.141. The zero-order valence-electron chi connectivity index (χ0n) is 11.6. The van der Waals surface area contributed by atoms with E-state index in [1.54, 1.807) is 0 Å². The topological polar surface area (TPSA) is 37.3 Å². The third-order valence-electron chi connectivity index (χ3n) is 4.92. The van der Waals surface area contributed by atoms with Crippen LogP contribution in [-0.2, 0) is 4.79 Å². The lowest BCUT2D eigenvalue weighted by Gasteiger charge is -2.52. The summed E-state index contributed by atoms with van der Waals surface area (Å²) in [5, 5.41) is 9.16. The van der Waals surface area contributed by atoms with Gasteiger partial charge in [-0.15, -0.1) is 0 Å². The van der Waals surface area contributed by atoms with Crippen molar-refractivity contribution in [1.29, 1.82) is 0 Å². The Hall–Kier alpha value is -1.05. The third kappa shape index (κ3) is 2.18. The third-order valence-corrected chi connectivity index (χ3v) is 4.92. The van der Waals surface area contributed by atoms with Crippen LogP contribution >= 0.6 is 0 Å². The van der Waals surface area contributed by atoms with E-state index in [-0.39, 0.29) is 17.3 Å². The van der Waals surface area contributed by atoms with E-state index in [1.807, 2.05) is 6.92 Å². The van der Waals surface area contributed by atoms with Crippen LogP contribution in [0, 0.1) is 16.7 Å². The summed E-state index contributed by atoms with van der Waals surface area (Å²) in [6.45, 7) is 14.6. The van der Waals surface area contributed by atoms with Gasteiger partial charge in [-0.05, 0) is 31.6 Å². The van der Waals surface area contributed by atoms with Gasteiger partial charge in [0.2, 0.25) is 0 Å². The molecule has 1 rings (SSSR count). The lowest BCUT2D eigenvalue weighted by Crippen LogP contribution is -2.46. The van der Waals surface area contributed by atoms with Crippen molar-refractivity contribution >= 4 is 5.97 Å². The first-order valence-corrected chi connectivity index (χ1v) is 6.17. The van der Waals surface area contributed by atoms with Crippen molar-refractivity contribution in [2.45, 2.75) is 47.5 Å². The SMILES string of the molecule is C=C(C)[C@@H]1CC=C(C)[C@](C)(CC(=O)O)C1(C)C. The van der Waals surface area contributed by atoms with E-state index < -0.39 is 5.97 Å². The van der Waals surface area contributed by atoms with Gasteiger partial charge in [0.15, 0.2) is 0 Å². The smallest absolute Gasteiger partial charge is 0.304 e. The maximum absolute atomic E-state index is 11.1. The second-order valence-electron chi connectivity index (χ2n) is 6.15. The molecule has 0 aromatic heterocycles. The van der Waals surface area contributed by atoms with Crippen molar-refractivity contribution in [3.05, 3.63) is 23.8 Å². The number of carbonyl (C=O) groups is 1. The van der Waals surface area contributed by atoms with Crippen LogP contribution < -0.4 is 0 Å². The molecule has 96 valence electrons. The Labute approximate surface area is 104 Å². The molecule has 0 aromatic carbocycles. The molecule has 17 heavy (non-hydrogen) atoms. The zero-order chi connectivity index (χ0) is 13.4. The van der Waals surface area contributed by atoms with Crippen LogP contribution in [0.15, 0.2) is 23.8 Å². The van der Waals surface area contributed by atoms with Gasteiger partial charge in [-0.2, -0.15) is 0 Å². The van der Waals surface area contributed by atoms with E-state index in [4.69, 9.17) is 5.11 Å². The van der Waals surface area contributed by atoms with Crippen molar-refractivity contribution < 1.29 is 9.90 Å². The van der Waals surface area contributed by atoms with Gasteiger partial charge in [0.05, 0.1) is 6.42 Å². The molecule has 0 bridgehead atoms. The lowest BCUT2D eigenvalue weighted by atomic mass is 9.51. The minimum atomic E-state index is -0.726. The number of carboxylic acid groups (broad SMARTS) is 1. The molecule has 0 aliphatic heterocycles. The Bertz CT molecular complexity index is 376. The summed E-state index contributed by atoms with van der Waals surface area (Å²) in [5.41, 5.74) is 1.98. The van der Waals surface area contributed by atoms with Gasteiger partial charge in [-0.1, -0.05) is 44.6 Å². The van der Waals surface area contributed by atoms with Crippen molar-refractivity contribution in [3.8, 4) is 0 Å². The fourth-order valence-electron chi connectivity index (χ4n) is 3.19. The monoisotopic (exact) mass is 236 g/mol. The van der Waals surface area contributed by atoms with Gasteiger partial charge < -0.3 is 5.11 Å². The molecule has 0 heterocycles. The maximum atomic E-state index is 11.1. The van der Waals surface area contributed by atoms with Crippen molar-refractivity contribution in [2.75, 3.05) is 0 Å². The first kappa shape index (κ1) is 14.0. The average Bonchev–Trinajstić information content (AvgIpc) is 2.13. The highest BCUT2D eigenvalue weighted by Gasteiger charge is 2.50. The molecule has 0 unspecified atom stereocenters. The first-order valence-electron chi connectivity index (χ1n) is 6.17. The molecule has 0 radical (unpaired) electrons. The maximum Gasteiger partial charge on any atom is 0.304 e. The Kier molecular flexibility index (Phi) is 3.56. The summed E-state index contributed by atoms with van der Waals surface area (Å²) in [4.78, 5) is 11.1. The van der Waals surface area contributed by atoms with Crippen LogP contribution in [-0.4, -0.2) is 11.1 Å². The summed E-state index contributed by atoms with van der Waals surface area (Å²) in [6.07, 6.45) is 3.35. The molecule has 0 amide bonds. The van der Waals surface area contributed by atoms with Gasteiger partial charge in [-0.3, -0.25) is 4.79 Å². The molecule has 1 N–H and O–H groups in total. The number of carboxylic acids is 1. The predicted octanol–water partition coefficient (Wildman–Crippen LogP) is 4.04. The van der Waals surface area contributed by atoms with E-state index in [1.165, 1.54) is 5.57 Å². The highest BCUT2D eigenvalue weighted by Crippen LogP contribution is 2.57. The zero-order valence-corrected chi connectivity index (χ0v) is 11.6. The number of aliphatic carboxylic acids is 1. The van der Waals surface area contributed by atoms with Gasteiger partial charge in [-0.25, -0.2) is 0 Å². The normalized spacial score (nSPS) is 31.8. The van der Waals surface area contributed by atoms with Crippen LogP contribution in [0.1, 0.15) is 47.5 Å². The number of allylic oxidation sites excluding steroid dienone is 3. The summed E-state index contributed by atoms with van der Waals surface area (Å²) >= 11 is 0. The number of hydrogen-bond donors (Lipinski definition) is 1. The fourth-order valence-corrected chi connectivity index (χ4v) is 3.19. The Morgan fingerprint density at radius 3 is 2.47 bits per heavy atom. The molecule has 0 saturated heterocycles. The predicted molar refractivity (Wildman–Crippen MR) is 70.8 cm³/mol. The molecule has 2 nitrogen and oxygen atoms in total. The molecular formula is C15H24O2. The number of rotatable bonds is 3. The second kappa shape index (κ2) is 4.32. The standard InChI is InChI=1S/C15H24O2/c1-10(2)12-8-7-11(3)15(6,9-13(16)17)14(12,4)5/h7,12H,1,8-9H2,2-6H3,(H,16,17)/t12-,15-/m0/s1. The minimum absolute atomic E-state index is 0.0734. The van der Waals surface area contributed by atoms with E-state index >= 15 is 0 Å². The Balaban J connectivity index is 3.25. The van der Waals surface area contributed by atoms with Crippen LogP contribution in [0.5, 0.6) is 0 Å². The highest BCUT2D eigenvalue weighted by molar-refractivity contribution is 5.68. The molecule has 1 aliphatic carbocycles. The van der Waals surface area contributed by atoms with Gasteiger partial charge in [0.1, 0.15) is 0 Å². The van der Waals surface area contributed by atoms with Crippen molar-refractivity contribution in [3.63, 3.8) is 0 Å². The van der Waals surface area contributed by atoms with Crippen molar-refractivity contribution in [2.24, 2.45) is 16.7 Å². The summed E-state index contributed by atoms with van der Waals surface area (Å²) in [7, 11) is 0. The molecule has 0 fully saturated rings. The fraction of sp³-hybridized carbons (Fsp3) is 0.667. The van der Waals surface area contributed by atoms with Gasteiger partial charge in [0, 0.05) is 5.41 Å². The van der Waals surface area contributed by atoms with Crippen LogP contribution in [0.2, 0.25) is 0 Å². The molecule has 1 aliphatic rings. The van der Waals surface area contributed by atoms with E-state index in [2.05, 4.69) is 40.3 Å². The van der Waals surface area contributed by atoms with E-state index in [9.17, 15) is 4.79 Å². The quantitative estimate of drug-likeness (QED) is 0.751. The van der Waals surface area contributed by atoms with Crippen molar-refractivity contribution in [1.82, 2.24) is 0 Å². The molecule has 0 saturated carbocycles. The molecular weight excluding hydrogens is 212 g/mol. The van der Waals surface area contributed by atoms with E-state index in [0.717, 1.165) is 12.0 Å². The Morgan fingerprint density at radius 2 is 2.06 bits per heavy atom. The molecule has 0 spiro atoms. The summed E-state index contributed by atoms with van der Waals surface area (Å²) in [6, 6.07) is 0. The van der Waals surface area contributed by atoms with E-state index in [0.29, 0.717) is 5.92 Å². The van der Waals surface area contributed by atoms with Gasteiger partial charge in [0.25, 0.3) is 0 Å². The average molecular weight is 236 g/mol. The van der Waals surface area contributed by atoms with Crippen LogP contribution in [0.3, 0.4) is 0 Å². The largest absolute Gasteiger partial charge is 0.481 e. The first-order chi connectivity index (χ1) is 7.63. The van der Waals surface area contributed by atoms with Crippen LogP contribution in [0.25, 0.3) is 0 Å². The molecule has 0 aromatic rings.